The van der Waals surface area contributed by atoms with Crippen LogP contribution in [0.3, 0.4) is 0 Å². The third kappa shape index (κ3) is 1.27. The first-order valence-electron chi connectivity index (χ1n) is 5.02. The van der Waals surface area contributed by atoms with Crippen LogP contribution < -0.4 is 10.6 Å². The summed E-state index contributed by atoms with van der Waals surface area (Å²) in [5, 5.41) is 0. The maximum absolute atomic E-state index is 5.90. The Kier molecular flexibility index (Phi) is 1.86. The Hall–Kier alpha value is -0.540. The lowest BCUT2D eigenvalue weighted by atomic mass is 10.3. The minimum atomic E-state index is 0.488. The maximum Gasteiger partial charge on any atom is 0.0367 e. The van der Waals surface area contributed by atoms with Gasteiger partial charge < -0.3 is 10.6 Å². The molecule has 74 valence electrons. The van der Waals surface area contributed by atoms with E-state index in [0.717, 1.165) is 29.4 Å². The average Bonchev–Trinajstić information content (AvgIpc) is 2.66. The Morgan fingerprint density at radius 2 is 1.71 bits per heavy atom. The molecule has 1 heterocycles. The van der Waals surface area contributed by atoms with Gasteiger partial charge in [0.25, 0.3) is 0 Å². The first kappa shape index (κ1) is 8.74. The zero-order valence-electron chi connectivity index (χ0n) is 7.86. The van der Waals surface area contributed by atoms with Crippen LogP contribution in [0, 0.1) is 11.8 Å². The fourth-order valence-corrected chi connectivity index (χ4v) is 2.70. The van der Waals surface area contributed by atoms with Crippen LogP contribution in [0.25, 0.3) is 0 Å². The molecule has 0 bridgehead atoms. The van der Waals surface area contributed by atoms with E-state index in [1.54, 1.807) is 0 Å². The second-order valence-corrected chi connectivity index (χ2v) is 5.20. The summed E-state index contributed by atoms with van der Waals surface area (Å²) >= 11 is 3.45. The summed E-state index contributed by atoms with van der Waals surface area (Å²) < 4.78 is 1.14. The molecule has 0 radical (unpaired) electrons. The SMILES string of the molecule is NC1[C@H]2CN(c3ccc(Br)cc3)C[C@@H]12. The van der Waals surface area contributed by atoms with Gasteiger partial charge in [-0.1, -0.05) is 15.9 Å². The number of benzene rings is 1. The van der Waals surface area contributed by atoms with Gasteiger partial charge in [0.1, 0.15) is 0 Å². The van der Waals surface area contributed by atoms with Crippen LogP contribution in [0.5, 0.6) is 0 Å². The summed E-state index contributed by atoms with van der Waals surface area (Å²) in [5.41, 5.74) is 7.23. The van der Waals surface area contributed by atoms with Gasteiger partial charge in [-0.25, -0.2) is 0 Å². The minimum absolute atomic E-state index is 0.488. The molecule has 0 spiro atoms. The van der Waals surface area contributed by atoms with E-state index in [1.807, 2.05) is 0 Å². The second-order valence-electron chi connectivity index (χ2n) is 4.29. The molecule has 1 aliphatic heterocycles. The number of anilines is 1. The van der Waals surface area contributed by atoms with Crippen LogP contribution in [-0.4, -0.2) is 19.1 Å². The molecule has 1 saturated heterocycles. The highest BCUT2D eigenvalue weighted by molar-refractivity contribution is 9.10. The van der Waals surface area contributed by atoms with Crippen molar-refractivity contribution in [3.63, 3.8) is 0 Å². The summed E-state index contributed by atoms with van der Waals surface area (Å²) in [7, 11) is 0. The van der Waals surface area contributed by atoms with Gasteiger partial charge in [0.15, 0.2) is 0 Å². The monoisotopic (exact) mass is 252 g/mol. The van der Waals surface area contributed by atoms with Crippen molar-refractivity contribution in [2.45, 2.75) is 6.04 Å². The Morgan fingerprint density at radius 1 is 1.14 bits per heavy atom. The highest BCUT2D eigenvalue weighted by Crippen LogP contribution is 2.45. The average molecular weight is 253 g/mol. The van der Waals surface area contributed by atoms with E-state index in [-0.39, 0.29) is 0 Å². The molecule has 2 N–H and O–H groups in total. The number of nitrogens with two attached hydrogens (primary N) is 1. The maximum atomic E-state index is 5.90. The van der Waals surface area contributed by atoms with Crippen LogP contribution >= 0.6 is 15.9 Å². The smallest absolute Gasteiger partial charge is 0.0367 e. The summed E-state index contributed by atoms with van der Waals surface area (Å²) in [6.45, 7) is 2.29. The molecule has 1 unspecified atom stereocenters. The molecule has 3 heteroatoms. The predicted molar refractivity (Wildman–Crippen MR) is 61.3 cm³/mol. The number of fused-ring (bicyclic) bond motifs is 1. The Labute approximate surface area is 92.2 Å². The molecule has 0 amide bonds. The minimum Gasteiger partial charge on any atom is -0.371 e. The number of piperidine rings is 1. The number of rotatable bonds is 1. The van der Waals surface area contributed by atoms with Crippen LogP contribution in [0.4, 0.5) is 5.69 Å². The van der Waals surface area contributed by atoms with Crippen LogP contribution in [-0.2, 0) is 0 Å². The Morgan fingerprint density at radius 3 is 2.29 bits per heavy atom. The largest absolute Gasteiger partial charge is 0.371 e. The van der Waals surface area contributed by atoms with Crippen molar-refractivity contribution in [1.82, 2.24) is 0 Å². The van der Waals surface area contributed by atoms with Crippen molar-refractivity contribution < 1.29 is 0 Å². The summed E-state index contributed by atoms with van der Waals surface area (Å²) in [6, 6.07) is 9.01. The van der Waals surface area contributed by atoms with Crippen molar-refractivity contribution in [2.24, 2.45) is 17.6 Å². The van der Waals surface area contributed by atoms with Crippen LogP contribution in [0.1, 0.15) is 0 Å². The van der Waals surface area contributed by atoms with Gasteiger partial charge in [-0.15, -0.1) is 0 Å². The standard InChI is InChI=1S/C11H13BrN2/c12-7-1-3-8(4-2-7)14-5-9-10(6-14)11(9)13/h1-4,9-11H,5-6,13H2/t9-,10+,11?. The van der Waals surface area contributed by atoms with Crippen molar-refractivity contribution in [3.05, 3.63) is 28.7 Å². The molecule has 1 aromatic rings. The van der Waals surface area contributed by atoms with Crippen molar-refractivity contribution in [1.29, 1.82) is 0 Å². The van der Waals surface area contributed by atoms with Gasteiger partial charge in [-0.3, -0.25) is 0 Å². The molecule has 3 rings (SSSR count). The predicted octanol–water partition coefficient (Wildman–Crippen LogP) is 1.84. The summed E-state index contributed by atoms with van der Waals surface area (Å²) in [5.74, 6) is 1.53. The van der Waals surface area contributed by atoms with E-state index >= 15 is 0 Å². The van der Waals surface area contributed by atoms with Crippen molar-refractivity contribution in [2.75, 3.05) is 18.0 Å². The number of nitrogens with zero attached hydrogens (tertiary/aromatic N) is 1. The molecule has 14 heavy (non-hydrogen) atoms. The molecule has 1 aliphatic carbocycles. The van der Waals surface area contributed by atoms with Gasteiger partial charge in [0.2, 0.25) is 0 Å². The molecular weight excluding hydrogens is 240 g/mol. The van der Waals surface area contributed by atoms with E-state index in [1.165, 1.54) is 5.69 Å². The lowest BCUT2D eigenvalue weighted by molar-refractivity contribution is 0.743. The second kappa shape index (κ2) is 2.97. The number of hydrogen-bond acceptors (Lipinski definition) is 2. The van der Waals surface area contributed by atoms with Crippen molar-refractivity contribution in [3.8, 4) is 0 Å². The molecule has 2 nitrogen and oxygen atoms in total. The number of hydrogen-bond donors (Lipinski definition) is 1. The zero-order valence-corrected chi connectivity index (χ0v) is 9.44. The first-order chi connectivity index (χ1) is 6.75. The zero-order chi connectivity index (χ0) is 9.71. The van der Waals surface area contributed by atoms with E-state index in [2.05, 4.69) is 45.1 Å². The highest BCUT2D eigenvalue weighted by Gasteiger charge is 2.53. The fraction of sp³-hybridized carbons (Fsp3) is 0.455. The Balaban J connectivity index is 1.76. The van der Waals surface area contributed by atoms with Crippen LogP contribution in [0.2, 0.25) is 0 Å². The molecule has 1 saturated carbocycles. The quantitative estimate of drug-likeness (QED) is 0.827. The van der Waals surface area contributed by atoms with Gasteiger partial charge in [0, 0.05) is 29.3 Å². The first-order valence-corrected chi connectivity index (χ1v) is 5.81. The fourth-order valence-electron chi connectivity index (χ4n) is 2.44. The van der Waals surface area contributed by atoms with E-state index in [9.17, 15) is 0 Å². The lowest BCUT2D eigenvalue weighted by Gasteiger charge is -2.21. The topological polar surface area (TPSA) is 29.3 Å². The van der Waals surface area contributed by atoms with Crippen molar-refractivity contribution >= 4 is 21.6 Å². The van der Waals surface area contributed by atoms with Gasteiger partial charge >= 0.3 is 0 Å². The summed E-state index contributed by atoms with van der Waals surface area (Å²) in [6.07, 6.45) is 0. The molecule has 1 aromatic carbocycles. The molecule has 2 fully saturated rings. The van der Waals surface area contributed by atoms with Gasteiger partial charge in [-0.05, 0) is 36.1 Å². The molecule has 3 atom stereocenters. The molecule has 0 aromatic heterocycles. The van der Waals surface area contributed by atoms with E-state index in [4.69, 9.17) is 5.73 Å². The van der Waals surface area contributed by atoms with Gasteiger partial charge in [-0.2, -0.15) is 0 Å². The van der Waals surface area contributed by atoms with Gasteiger partial charge in [0.05, 0.1) is 0 Å². The summed E-state index contributed by atoms with van der Waals surface area (Å²) in [4.78, 5) is 2.44. The van der Waals surface area contributed by atoms with Crippen LogP contribution in [0.15, 0.2) is 28.7 Å². The highest BCUT2D eigenvalue weighted by atomic mass is 79.9. The Bertz CT molecular complexity index is 337. The third-order valence-corrected chi connectivity index (χ3v) is 3.98. The molecular formula is C11H13BrN2. The normalized spacial score (nSPS) is 34.4. The van der Waals surface area contributed by atoms with E-state index < -0.39 is 0 Å². The third-order valence-electron chi connectivity index (χ3n) is 3.45. The number of halogens is 1. The molecule has 2 aliphatic rings. The van der Waals surface area contributed by atoms with E-state index in [0.29, 0.717) is 6.04 Å². The lowest BCUT2D eigenvalue weighted by Crippen LogP contribution is -2.27.